The minimum atomic E-state index is -4.62. The average molecular weight is 783 g/mol. The molecule has 1 fully saturated rings. The van der Waals surface area contributed by atoms with Crippen LogP contribution in [0.3, 0.4) is 0 Å². The molecule has 1 aliphatic heterocycles. The first kappa shape index (κ1) is 40.9. The quantitative estimate of drug-likeness (QED) is 0.0736. The molecule has 0 spiro atoms. The number of nitrogens with one attached hydrogen (secondary N) is 3. The van der Waals surface area contributed by atoms with Crippen LogP contribution in [0.5, 0.6) is 0 Å². The van der Waals surface area contributed by atoms with Crippen molar-refractivity contribution in [2.75, 3.05) is 13.2 Å². The van der Waals surface area contributed by atoms with Crippen molar-refractivity contribution in [1.82, 2.24) is 29.8 Å². The Kier molecular flexibility index (Phi) is 13.7. The second-order valence-electron chi connectivity index (χ2n) is 12.7. The largest absolute Gasteiger partial charge is 0.477 e. The van der Waals surface area contributed by atoms with Crippen LogP contribution >= 0.6 is 0 Å². The van der Waals surface area contributed by atoms with E-state index in [9.17, 15) is 43.2 Å². The molecule has 0 unspecified atom stereocenters. The van der Waals surface area contributed by atoms with Crippen LogP contribution in [0.25, 0.3) is 22.4 Å². The van der Waals surface area contributed by atoms with Crippen LogP contribution in [-0.4, -0.2) is 111 Å². The number of carboxylic acids is 1. The van der Waals surface area contributed by atoms with E-state index in [1.807, 2.05) is 59.3 Å². The molecule has 2 amide bonds. The van der Waals surface area contributed by atoms with Crippen LogP contribution < -0.4 is 14.8 Å². The van der Waals surface area contributed by atoms with Gasteiger partial charge in [-0.05, 0) is 23.1 Å². The first-order chi connectivity index (χ1) is 26.2. The third-order valence-electron chi connectivity index (χ3n) is 8.61. The molecule has 5 rings (SSSR count). The summed E-state index contributed by atoms with van der Waals surface area (Å²) in [5.41, 5.74) is 4.16. The van der Waals surface area contributed by atoms with Gasteiger partial charge in [-0.2, -0.15) is 13.1 Å². The lowest BCUT2D eigenvalue weighted by Gasteiger charge is -2.46. The second-order valence-corrected chi connectivity index (χ2v) is 14.2. The van der Waals surface area contributed by atoms with Crippen molar-refractivity contribution in [1.29, 1.82) is 0 Å². The molecule has 294 valence electrons. The number of amides is 2. The summed E-state index contributed by atoms with van der Waals surface area (Å²) < 4.78 is 46.2. The van der Waals surface area contributed by atoms with Gasteiger partial charge in [-0.1, -0.05) is 90.1 Å². The molecule has 0 saturated carbocycles. The number of aryl methyl sites for hydroxylation is 1. The zero-order chi connectivity index (χ0) is 39.6. The summed E-state index contributed by atoms with van der Waals surface area (Å²) in [4.78, 5) is 36.6. The Bertz CT molecular complexity index is 2000. The Morgan fingerprint density at radius 1 is 0.982 bits per heavy atom. The summed E-state index contributed by atoms with van der Waals surface area (Å²) in [6, 6.07) is 24.7. The number of nitrogens with zero attached hydrogens (tertiary/aromatic N) is 3. The van der Waals surface area contributed by atoms with Gasteiger partial charge in [0.1, 0.15) is 24.5 Å². The van der Waals surface area contributed by atoms with E-state index in [0.29, 0.717) is 11.3 Å². The lowest BCUT2D eigenvalue weighted by atomic mass is 9.88. The van der Waals surface area contributed by atoms with Gasteiger partial charge in [0.15, 0.2) is 0 Å². The Hall–Kier alpha value is -5.28. The predicted molar refractivity (Wildman–Crippen MR) is 194 cm³/mol. The Labute approximate surface area is 316 Å². The molecule has 0 aliphatic carbocycles. The maximum absolute atomic E-state index is 12.6. The van der Waals surface area contributed by atoms with Gasteiger partial charge in [0.05, 0.1) is 31.1 Å². The van der Waals surface area contributed by atoms with Crippen molar-refractivity contribution in [2.24, 2.45) is 0 Å². The third-order valence-corrected chi connectivity index (χ3v) is 9.59. The summed E-state index contributed by atoms with van der Waals surface area (Å²) in [5.74, 6) is -4.89. The number of aliphatic hydroxyl groups is 3. The van der Waals surface area contributed by atoms with Crippen molar-refractivity contribution in [3.63, 3.8) is 0 Å². The molecule has 0 bridgehead atoms. The lowest BCUT2D eigenvalue weighted by Crippen LogP contribution is -2.68. The predicted octanol–water partition coefficient (Wildman–Crippen LogP) is 0.937. The van der Waals surface area contributed by atoms with Gasteiger partial charge in [0.2, 0.25) is 5.91 Å². The van der Waals surface area contributed by atoms with E-state index in [2.05, 4.69) is 15.6 Å². The van der Waals surface area contributed by atoms with E-state index in [4.69, 9.17) is 14.2 Å². The average Bonchev–Trinajstić information content (AvgIpc) is 3.65. The highest BCUT2D eigenvalue weighted by atomic mass is 32.2. The number of ether oxygens (including phenoxy) is 3. The molecule has 1 aliphatic rings. The standard InChI is InChI=1S/C36H42N6O12S/c1-23(43)38-31-29(44)19-36(34(47)48,53-18-8-17-42-21-28(39-41-42)27-15-13-26(14-16-27)25-11-6-3-7-12-25)54-33(31)32(46)30(45)20-37-55(50,51)40-35(49)52-22-24-9-4-2-5-10-24/h2-7,9-16,21,29-33,37,44-46H,8,17-20,22H2,1H3,(H,38,43)(H,40,49)(H,47,48)/t29-,30+,31+,32+,33+,36+/m0/s1. The van der Waals surface area contributed by atoms with Crippen LogP contribution in [-0.2, 0) is 47.2 Å². The fraction of sp³-hybridized carbons (Fsp3) is 0.361. The summed E-state index contributed by atoms with van der Waals surface area (Å²) in [6.45, 7) is -0.0189. The minimum absolute atomic E-state index is 0.206. The number of carbonyl (C=O) groups excluding carboxylic acids is 2. The smallest absolute Gasteiger partial charge is 0.422 e. The molecule has 4 aromatic rings. The molecule has 2 heterocycles. The van der Waals surface area contributed by atoms with Crippen molar-refractivity contribution in [3.05, 3.63) is 96.7 Å². The number of rotatable bonds is 17. The van der Waals surface area contributed by atoms with E-state index in [1.54, 1.807) is 45.9 Å². The summed E-state index contributed by atoms with van der Waals surface area (Å²) in [6.07, 6.45) is -7.67. The number of benzene rings is 3. The van der Waals surface area contributed by atoms with Gasteiger partial charge in [-0.3, -0.25) is 9.48 Å². The maximum atomic E-state index is 12.6. The normalized spacial score (nSPS) is 20.9. The SMILES string of the molecule is CC(=O)N[C@H]1[C@H]([C@H](O)[C@H](O)CNS(=O)(=O)NC(=O)OCc2ccccc2)O[C@@](OCCCn2cc(-c3ccc(-c4ccccc4)cc3)nn2)(C(=O)O)C[C@@H]1O. The van der Waals surface area contributed by atoms with Gasteiger partial charge in [0, 0.05) is 32.0 Å². The lowest BCUT2D eigenvalue weighted by molar-refractivity contribution is -0.310. The van der Waals surface area contributed by atoms with Gasteiger partial charge in [-0.25, -0.2) is 14.3 Å². The first-order valence-electron chi connectivity index (χ1n) is 17.2. The fourth-order valence-electron chi connectivity index (χ4n) is 5.85. The number of hydrogen-bond acceptors (Lipinski definition) is 13. The topological polar surface area (TPSA) is 261 Å². The van der Waals surface area contributed by atoms with E-state index < -0.39 is 77.4 Å². The van der Waals surface area contributed by atoms with E-state index >= 15 is 0 Å². The molecular formula is C36H42N6O12S. The highest BCUT2D eigenvalue weighted by Gasteiger charge is 2.55. The van der Waals surface area contributed by atoms with Crippen LogP contribution in [0.1, 0.15) is 25.3 Å². The summed E-state index contributed by atoms with van der Waals surface area (Å²) in [5, 5.41) is 53.8. The van der Waals surface area contributed by atoms with Crippen molar-refractivity contribution in [3.8, 4) is 22.4 Å². The molecule has 3 aromatic carbocycles. The molecule has 0 radical (unpaired) electrons. The van der Waals surface area contributed by atoms with Crippen molar-refractivity contribution in [2.45, 2.75) is 69.2 Å². The molecule has 6 atom stereocenters. The van der Waals surface area contributed by atoms with E-state index in [0.717, 1.165) is 23.6 Å². The fourth-order valence-corrected chi connectivity index (χ4v) is 6.59. The number of aliphatic hydroxyl groups excluding tert-OH is 3. The Balaban J connectivity index is 1.17. The zero-order valence-corrected chi connectivity index (χ0v) is 30.4. The van der Waals surface area contributed by atoms with Gasteiger partial charge in [0.25, 0.3) is 5.79 Å². The van der Waals surface area contributed by atoms with Crippen LogP contribution in [0.4, 0.5) is 4.79 Å². The van der Waals surface area contributed by atoms with Crippen LogP contribution in [0.2, 0.25) is 0 Å². The number of aromatic nitrogens is 3. The first-order valence-corrected chi connectivity index (χ1v) is 18.6. The molecular weight excluding hydrogens is 740 g/mol. The molecule has 1 aromatic heterocycles. The highest BCUT2D eigenvalue weighted by molar-refractivity contribution is 7.88. The van der Waals surface area contributed by atoms with Crippen LogP contribution in [0, 0.1) is 0 Å². The Morgan fingerprint density at radius 3 is 2.27 bits per heavy atom. The maximum Gasteiger partial charge on any atom is 0.422 e. The third kappa shape index (κ3) is 11.1. The molecule has 7 N–H and O–H groups in total. The number of carboxylic acid groups (broad SMARTS) is 1. The van der Waals surface area contributed by atoms with E-state index in [1.165, 1.54) is 0 Å². The van der Waals surface area contributed by atoms with Crippen molar-refractivity contribution < 1.29 is 57.4 Å². The van der Waals surface area contributed by atoms with Crippen molar-refractivity contribution >= 4 is 28.2 Å². The minimum Gasteiger partial charge on any atom is -0.477 e. The molecule has 19 heteroatoms. The summed E-state index contributed by atoms with van der Waals surface area (Å²) in [7, 11) is -4.62. The van der Waals surface area contributed by atoms with E-state index in [-0.39, 0.29) is 26.2 Å². The molecule has 55 heavy (non-hydrogen) atoms. The zero-order valence-electron chi connectivity index (χ0n) is 29.6. The van der Waals surface area contributed by atoms with Gasteiger partial charge in [-0.15, -0.1) is 5.10 Å². The van der Waals surface area contributed by atoms with Gasteiger partial charge >= 0.3 is 22.3 Å². The number of hydrogen-bond donors (Lipinski definition) is 7. The highest BCUT2D eigenvalue weighted by Crippen LogP contribution is 2.34. The second kappa shape index (κ2) is 18.4. The number of carbonyl (C=O) groups is 3. The summed E-state index contributed by atoms with van der Waals surface area (Å²) >= 11 is 0. The van der Waals surface area contributed by atoms with Crippen LogP contribution in [0.15, 0.2) is 91.1 Å². The molecule has 18 nitrogen and oxygen atoms in total. The monoisotopic (exact) mass is 782 g/mol. The van der Waals surface area contributed by atoms with Gasteiger partial charge < -0.3 is 40.0 Å². The number of aliphatic carboxylic acids is 1. The Morgan fingerprint density at radius 2 is 1.62 bits per heavy atom. The molecule has 1 saturated heterocycles.